The molecule has 0 bridgehead atoms. The molecule has 1 aliphatic rings. The minimum atomic E-state index is -4.70. The van der Waals surface area contributed by atoms with Gasteiger partial charge in [-0.05, 0) is 68.4 Å². The molecule has 0 amide bonds. The Kier molecular flexibility index (Phi) is 8.19. The fourth-order valence-corrected chi connectivity index (χ4v) is 6.21. The van der Waals surface area contributed by atoms with Gasteiger partial charge in [-0.3, -0.25) is 0 Å². The molecule has 34 heavy (non-hydrogen) atoms. The summed E-state index contributed by atoms with van der Waals surface area (Å²) in [7, 11) is -2.97. The number of halogens is 4. The van der Waals surface area contributed by atoms with Crippen LogP contribution in [0.15, 0.2) is 51.8 Å². The Bertz CT molecular complexity index is 1100. The van der Waals surface area contributed by atoms with Crippen molar-refractivity contribution in [3.63, 3.8) is 0 Å². The van der Waals surface area contributed by atoms with E-state index in [1.807, 2.05) is 26.0 Å². The number of aliphatic hydroxyl groups is 1. The van der Waals surface area contributed by atoms with Crippen LogP contribution in [0, 0.1) is 5.92 Å². The van der Waals surface area contributed by atoms with Gasteiger partial charge in [-0.2, -0.15) is 17.5 Å². The van der Waals surface area contributed by atoms with Crippen LogP contribution < -0.4 is 5.32 Å². The molecule has 0 spiro atoms. The van der Waals surface area contributed by atoms with Gasteiger partial charge in [-0.15, -0.1) is 0 Å². The molecule has 10 heteroatoms. The molecule has 3 rings (SSSR count). The number of benzene rings is 2. The zero-order valence-electron chi connectivity index (χ0n) is 19.4. The van der Waals surface area contributed by atoms with Crippen LogP contribution in [-0.2, 0) is 29.0 Å². The predicted molar refractivity (Wildman–Crippen MR) is 129 cm³/mol. The van der Waals surface area contributed by atoms with E-state index >= 15 is 0 Å². The predicted octanol–water partition coefficient (Wildman–Crippen LogP) is 4.62. The average Bonchev–Trinajstić information content (AvgIpc) is 3.13. The standard InChI is InChI=1S/C24H30BrF3N2O3S/c1-23(2,13-16-10-17-6-4-5-7-18(17)11-16)29-14-19(31)15-30(3)34(32,33)20-8-9-22(25)21(12-20)24(26,27)28/h4-9,12,16,19,29,31H,10-11,13-15H2,1-3H3. The van der Waals surface area contributed by atoms with Crippen molar-refractivity contribution in [2.45, 2.75) is 55.8 Å². The molecule has 0 aromatic heterocycles. The molecule has 2 N–H and O–H groups in total. The van der Waals surface area contributed by atoms with Crippen molar-refractivity contribution in [3.8, 4) is 0 Å². The van der Waals surface area contributed by atoms with E-state index in [4.69, 9.17) is 0 Å². The van der Waals surface area contributed by atoms with Gasteiger partial charge in [0.1, 0.15) is 0 Å². The van der Waals surface area contributed by atoms with Crippen molar-refractivity contribution in [1.82, 2.24) is 9.62 Å². The van der Waals surface area contributed by atoms with Gasteiger partial charge in [0.15, 0.2) is 0 Å². The summed E-state index contributed by atoms with van der Waals surface area (Å²) in [5.74, 6) is 0.486. The first kappa shape index (κ1) is 27.1. The van der Waals surface area contributed by atoms with Gasteiger partial charge >= 0.3 is 6.18 Å². The first-order valence-electron chi connectivity index (χ1n) is 11.0. The van der Waals surface area contributed by atoms with Crippen LogP contribution in [-0.4, -0.2) is 49.6 Å². The Balaban J connectivity index is 1.56. The maximum absolute atomic E-state index is 13.2. The van der Waals surface area contributed by atoms with Gasteiger partial charge in [0.25, 0.3) is 0 Å². The Morgan fingerprint density at radius 3 is 2.29 bits per heavy atom. The van der Waals surface area contributed by atoms with Gasteiger partial charge < -0.3 is 10.4 Å². The van der Waals surface area contributed by atoms with Gasteiger partial charge in [0.2, 0.25) is 10.0 Å². The van der Waals surface area contributed by atoms with Crippen LogP contribution in [0.5, 0.6) is 0 Å². The second-order valence-corrected chi connectivity index (χ2v) is 12.5. The van der Waals surface area contributed by atoms with Crippen molar-refractivity contribution in [2.24, 2.45) is 5.92 Å². The molecule has 1 atom stereocenters. The molecule has 0 radical (unpaired) electrons. The first-order chi connectivity index (χ1) is 15.7. The number of rotatable bonds is 9. The van der Waals surface area contributed by atoms with E-state index in [9.17, 15) is 26.7 Å². The maximum atomic E-state index is 13.2. The largest absolute Gasteiger partial charge is 0.417 e. The lowest BCUT2D eigenvalue weighted by atomic mass is 9.88. The molecular formula is C24H30BrF3N2O3S. The third-order valence-corrected chi connectivity index (χ3v) is 8.68. The number of likely N-dealkylation sites (N-methyl/N-ethyl adjacent to an activating group) is 1. The highest BCUT2D eigenvalue weighted by Crippen LogP contribution is 2.36. The summed E-state index contributed by atoms with van der Waals surface area (Å²) in [4.78, 5) is -0.480. The smallest absolute Gasteiger partial charge is 0.390 e. The minimum absolute atomic E-state index is 0.153. The molecule has 1 unspecified atom stereocenters. The Morgan fingerprint density at radius 1 is 1.15 bits per heavy atom. The van der Waals surface area contributed by atoms with Gasteiger partial charge in [-0.25, -0.2) is 8.42 Å². The third kappa shape index (κ3) is 6.60. The second kappa shape index (κ2) is 10.3. The monoisotopic (exact) mass is 562 g/mol. The van der Waals surface area contributed by atoms with Crippen LogP contribution in [0.25, 0.3) is 0 Å². The van der Waals surface area contributed by atoms with Crippen molar-refractivity contribution in [2.75, 3.05) is 20.1 Å². The van der Waals surface area contributed by atoms with Crippen LogP contribution in [0.1, 0.15) is 37.0 Å². The summed E-state index contributed by atoms with van der Waals surface area (Å²) in [6.45, 7) is 3.99. The van der Waals surface area contributed by atoms with Gasteiger partial charge in [0, 0.05) is 30.1 Å². The van der Waals surface area contributed by atoms with Crippen LogP contribution in [0.3, 0.4) is 0 Å². The lowest BCUT2D eigenvalue weighted by molar-refractivity contribution is -0.138. The van der Waals surface area contributed by atoms with Crippen molar-refractivity contribution in [3.05, 3.63) is 63.6 Å². The lowest BCUT2D eigenvalue weighted by Gasteiger charge is -2.31. The Hall–Kier alpha value is -1.46. The molecular weight excluding hydrogens is 533 g/mol. The zero-order chi connectivity index (χ0) is 25.3. The van der Waals surface area contributed by atoms with E-state index in [2.05, 4.69) is 33.4 Å². The summed E-state index contributed by atoms with van der Waals surface area (Å²) < 4.78 is 65.8. The fraction of sp³-hybridized carbons (Fsp3) is 0.500. The molecule has 0 aliphatic heterocycles. The number of alkyl halides is 3. The van der Waals surface area contributed by atoms with E-state index in [0.717, 1.165) is 35.7 Å². The molecule has 0 saturated heterocycles. The number of hydrogen-bond donors (Lipinski definition) is 2. The Morgan fingerprint density at radius 2 is 1.74 bits per heavy atom. The minimum Gasteiger partial charge on any atom is -0.390 e. The van der Waals surface area contributed by atoms with E-state index < -0.39 is 32.8 Å². The highest BCUT2D eigenvalue weighted by atomic mass is 79.9. The molecule has 0 saturated carbocycles. The molecule has 0 heterocycles. The molecule has 2 aromatic rings. The number of β-amino-alcohol motifs (C(OH)–C–C–N with tert-alkyl or cyclic N) is 1. The lowest BCUT2D eigenvalue weighted by Crippen LogP contribution is -2.47. The summed E-state index contributed by atoms with van der Waals surface area (Å²) in [6, 6.07) is 11.2. The molecule has 2 aromatic carbocycles. The fourth-order valence-electron chi connectivity index (χ4n) is 4.50. The van der Waals surface area contributed by atoms with E-state index in [0.29, 0.717) is 12.0 Å². The summed E-state index contributed by atoms with van der Waals surface area (Å²) >= 11 is 2.81. The summed E-state index contributed by atoms with van der Waals surface area (Å²) in [5.41, 5.74) is 1.40. The molecule has 188 valence electrons. The number of nitrogens with one attached hydrogen (secondary N) is 1. The molecule has 5 nitrogen and oxygen atoms in total. The highest BCUT2D eigenvalue weighted by molar-refractivity contribution is 9.10. The van der Waals surface area contributed by atoms with Crippen LogP contribution in [0.4, 0.5) is 13.2 Å². The quantitative estimate of drug-likeness (QED) is 0.467. The molecule has 0 fully saturated rings. The number of fused-ring (bicyclic) bond motifs is 1. The first-order valence-corrected chi connectivity index (χ1v) is 13.3. The number of aliphatic hydroxyl groups excluding tert-OH is 1. The van der Waals surface area contributed by atoms with Crippen molar-refractivity contribution >= 4 is 26.0 Å². The van der Waals surface area contributed by atoms with E-state index in [-0.39, 0.29) is 23.1 Å². The van der Waals surface area contributed by atoms with Crippen molar-refractivity contribution < 1.29 is 26.7 Å². The second-order valence-electron chi connectivity index (χ2n) is 9.59. The topological polar surface area (TPSA) is 69.6 Å². The normalized spacial score (nSPS) is 16.1. The van der Waals surface area contributed by atoms with Gasteiger partial charge in [-0.1, -0.05) is 40.2 Å². The average molecular weight is 563 g/mol. The van der Waals surface area contributed by atoms with Crippen LogP contribution in [0.2, 0.25) is 0 Å². The summed E-state index contributed by atoms with van der Waals surface area (Å²) in [5, 5.41) is 13.8. The zero-order valence-corrected chi connectivity index (χ0v) is 21.8. The van der Waals surface area contributed by atoms with Crippen LogP contribution >= 0.6 is 15.9 Å². The number of nitrogens with zero attached hydrogens (tertiary/aromatic N) is 1. The van der Waals surface area contributed by atoms with E-state index in [1.54, 1.807) is 0 Å². The Labute approximate surface area is 207 Å². The number of hydrogen-bond acceptors (Lipinski definition) is 4. The third-order valence-electron chi connectivity index (χ3n) is 6.17. The van der Waals surface area contributed by atoms with Gasteiger partial charge in [0.05, 0.1) is 16.6 Å². The highest BCUT2D eigenvalue weighted by Gasteiger charge is 2.35. The number of sulfonamides is 1. The SMILES string of the molecule is CN(CC(O)CNC(C)(C)CC1Cc2ccccc2C1)S(=O)(=O)c1ccc(Br)c(C(F)(F)F)c1. The molecule has 1 aliphatic carbocycles. The summed E-state index contributed by atoms with van der Waals surface area (Å²) in [6.07, 6.45) is -2.81. The van der Waals surface area contributed by atoms with E-state index in [1.165, 1.54) is 18.2 Å². The van der Waals surface area contributed by atoms with Crippen molar-refractivity contribution in [1.29, 1.82) is 0 Å². The maximum Gasteiger partial charge on any atom is 0.417 e.